The van der Waals surface area contributed by atoms with Crippen LogP contribution in [0.3, 0.4) is 0 Å². The summed E-state index contributed by atoms with van der Waals surface area (Å²) in [5, 5.41) is 0. The van der Waals surface area contributed by atoms with Gasteiger partial charge in [-0.05, 0) is 23.6 Å². The largest absolute Gasteiger partial charge is 0.363 e. The molecule has 1 aromatic carbocycles. The molecule has 2 heteroatoms. The Balaban J connectivity index is 2.11. The third-order valence-electron chi connectivity index (χ3n) is 2.52. The summed E-state index contributed by atoms with van der Waals surface area (Å²) in [4.78, 5) is 6.41. The quantitative estimate of drug-likeness (QED) is 0.777. The number of nitrogens with zero attached hydrogens (tertiary/aromatic N) is 2. The van der Waals surface area contributed by atoms with E-state index in [1.54, 1.807) is 0 Å². The van der Waals surface area contributed by atoms with Gasteiger partial charge in [0.05, 0.1) is 0 Å². The van der Waals surface area contributed by atoms with Crippen molar-refractivity contribution in [2.45, 2.75) is 6.42 Å². The Morgan fingerprint density at radius 3 is 2.25 bits per heavy atom. The Morgan fingerprint density at radius 1 is 0.938 bits per heavy atom. The zero-order chi connectivity index (χ0) is 11.4. The summed E-state index contributed by atoms with van der Waals surface area (Å²) < 4.78 is 0. The van der Waals surface area contributed by atoms with E-state index in [0.29, 0.717) is 0 Å². The van der Waals surface area contributed by atoms with E-state index in [1.165, 1.54) is 11.1 Å². The molecule has 1 aromatic heterocycles. The highest BCUT2D eigenvalue weighted by Crippen LogP contribution is 2.11. The summed E-state index contributed by atoms with van der Waals surface area (Å²) in [6.07, 6.45) is 2.89. The second-order valence-electron chi connectivity index (χ2n) is 4.08. The van der Waals surface area contributed by atoms with Crippen LogP contribution in [-0.2, 0) is 6.42 Å². The molecule has 0 aliphatic rings. The molecule has 0 saturated carbocycles. The van der Waals surface area contributed by atoms with Gasteiger partial charge in [0, 0.05) is 20.3 Å². The number of anilines is 1. The normalized spacial score (nSPS) is 10.1. The van der Waals surface area contributed by atoms with Crippen LogP contribution in [0, 0.1) is 0 Å². The van der Waals surface area contributed by atoms with Crippen molar-refractivity contribution < 1.29 is 0 Å². The molecule has 16 heavy (non-hydrogen) atoms. The fourth-order valence-electron chi connectivity index (χ4n) is 1.62. The Hall–Kier alpha value is -1.83. The summed E-state index contributed by atoms with van der Waals surface area (Å²) in [5.41, 5.74) is 2.57. The second kappa shape index (κ2) is 4.79. The summed E-state index contributed by atoms with van der Waals surface area (Å²) in [5.74, 6) is 0.997. The lowest BCUT2D eigenvalue weighted by Crippen LogP contribution is -2.10. The molecule has 0 spiro atoms. The van der Waals surface area contributed by atoms with Gasteiger partial charge in [0.25, 0.3) is 0 Å². The number of benzene rings is 1. The molecule has 0 amide bonds. The number of pyridine rings is 1. The van der Waals surface area contributed by atoms with E-state index >= 15 is 0 Å². The smallest absolute Gasteiger partial charge is 0.127 e. The lowest BCUT2D eigenvalue weighted by atomic mass is 10.1. The number of hydrogen-bond acceptors (Lipinski definition) is 2. The van der Waals surface area contributed by atoms with Gasteiger partial charge in [0.1, 0.15) is 5.82 Å². The maximum atomic E-state index is 4.40. The molecule has 0 atom stereocenters. The molecule has 2 rings (SSSR count). The van der Waals surface area contributed by atoms with Crippen LogP contribution >= 0.6 is 0 Å². The summed E-state index contributed by atoms with van der Waals surface area (Å²) >= 11 is 0. The van der Waals surface area contributed by atoms with Crippen LogP contribution in [-0.4, -0.2) is 19.1 Å². The first-order chi connectivity index (χ1) is 7.75. The van der Waals surface area contributed by atoms with Crippen LogP contribution in [0.4, 0.5) is 5.82 Å². The van der Waals surface area contributed by atoms with E-state index in [4.69, 9.17) is 0 Å². The van der Waals surface area contributed by atoms with E-state index in [9.17, 15) is 0 Å². The number of rotatable bonds is 3. The molecule has 1 heterocycles. The van der Waals surface area contributed by atoms with Crippen molar-refractivity contribution in [3.05, 3.63) is 59.8 Å². The lowest BCUT2D eigenvalue weighted by molar-refractivity contribution is 1.05. The maximum Gasteiger partial charge on any atom is 0.127 e. The van der Waals surface area contributed by atoms with Gasteiger partial charge in [-0.1, -0.05) is 36.4 Å². The molecule has 0 radical (unpaired) electrons. The average Bonchev–Trinajstić information content (AvgIpc) is 2.31. The van der Waals surface area contributed by atoms with Gasteiger partial charge in [-0.2, -0.15) is 0 Å². The van der Waals surface area contributed by atoms with Gasteiger partial charge in [-0.3, -0.25) is 0 Å². The molecular weight excluding hydrogens is 196 g/mol. The molecular formula is C14H16N2. The monoisotopic (exact) mass is 212 g/mol. The Bertz CT molecular complexity index is 432. The lowest BCUT2D eigenvalue weighted by Gasteiger charge is -2.11. The van der Waals surface area contributed by atoms with E-state index < -0.39 is 0 Å². The first-order valence-electron chi connectivity index (χ1n) is 5.42. The van der Waals surface area contributed by atoms with Gasteiger partial charge in [-0.25, -0.2) is 4.98 Å². The van der Waals surface area contributed by atoms with Crippen molar-refractivity contribution >= 4 is 5.82 Å². The highest BCUT2D eigenvalue weighted by atomic mass is 15.1. The summed E-state index contributed by atoms with van der Waals surface area (Å²) in [6, 6.07) is 14.6. The van der Waals surface area contributed by atoms with E-state index in [-0.39, 0.29) is 0 Å². The topological polar surface area (TPSA) is 16.1 Å². The van der Waals surface area contributed by atoms with Crippen LogP contribution < -0.4 is 4.90 Å². The van der Waals surface area contributed by atoms with Gasteiger partial charge in [0.15, 0.2) is 0 Å². The SMILES string of the molecule is CN(C)c1ccc(Cc2ccccc2)cn1. The third kappa shape index (κ3) is 2.60. The first kappa shape index (κ1) is 10.7. The molecule has 0 bridgehead atoms. The van der Waals surface area contributed by atoms with Crippen molar-refractivity contribution in [3.63, 3.8) is 0 Å². The predicted molar refractivity (Wildman–Crippen MR) is 67.8 cm³/mol. The number of aromatic nitrogens is 1. The fraction of sp³-hybridized carbons (Fsp3) is 0.214. The van der Waals surface area contributed by atoms with Crippen molar-refractivity contribution in [1.82, 2.24) is 4.98 Å². The van der Waals surface area contributed by atoms with E-state index in [0.717, 1.165) is 12.2 Å². The standard InChI is InChI=1S/C14H16N2/c1-16(2)14-9-8-13(11-15-14)10-12-6-4-3-5-7-12/h3-9,11H,10H2,1-2H3. The van der Waals surface area contributed by atoms with Gasteiger partial charge in [0.2, 0.25) is 0 Å². The fourth-order valence-corrected chi connectivity index (χ4v) is 1.62. The molecule has 0 fully saturated rings. The molecule has 0 unspecified atom stereocenters. The minimum atomic E-state index is 0.946. The Morgan fingerprint density at radius 2 is 1.69 bits per heavy atom. The Labute approximate surface area is 96.6 Å². The molecule has 2 aromatic rings. The third-order valence-corrected chi connectivity index (χ3v) is 2.52. The molecule has 0 N–H and O–H groups in total. The molecule has 0 aliphatic carbocycles. The zero-order valence-corrected chi connectivity index (χ0v) is 9.72. The van der Waals surface area contributed by atoms with Crippen molar-refractivity contribution in [2.75, 3.05) is 19.0 Å². The second-order valence-corrected chi connectivity index (χ2v) is 4.08. The van der Waals surface area contributed by atoms with Crippen molar-refractivity contribution in [2.24, 2.45) is 0 Å². The van der Waals surface area contributed by atoms with E-state index in [1.807, 2.05) is 31.3 Å². The van der Waals surface area contributed by atoms with Crippen LogP contribution in [0.5, 0.6) is 0 Å². The Kier molecular flexibility index (Phi) is 3.20. The molecule has 82 valence electrons. The highest BCUT2D eigenvalue weighted by molar-refractivity contribution is 5.38. The highest BCUT2D eigenvalue weighted by Gasteiger charge is 1.98. The van der Waals surface area contributed by atoms with Crippen LogP contribution in [0.2, 0.25) is 0 Å². The van der Waals surface area contributed by atoms with E-state index in [2.05, 4.69) is 41.4 Å². The number of hydrogen-bond donors (Lipinski definition) is 0. The van der Waals surface area contributed by atoms with Crippen molar-refractivity contribution in [1.29, 1.82) is 0 Å². The van der Waals surface area contributed by atoms with Crippen LogP contribution in [0.1, 0.15) is 11.1 Å². The van der Waals surface area contributed by atoms with Gasteiger partial charge in [-0.15, -0.1) is 0 Å². The van der Waals surface area contributed by atoms with Crippen LogP contribution in [0.25, 0.3) is 0 Å². The maximum absolute atomic E-state index is 4.40. The minimum Gasteiger partial charge on any atom is -0.363 e. The first-order valence-corrected chi connectivity index (χ1v) is 5.42. The molecule has 0 saturated heterocycles. The van der Waals surface area contributed by atoms with Gasteiger partial charge < -0.3 is 4.90 Å². The predicted octanol–water partition coefficient (Wildman–Crippen LogP) is 2.74. The minimum absolute atomic E-state index is 0.946. The molecule has 2 nitrogen and oxygen atoms in total. The van der Waals surface area contributed by atoms with Gasteiger partial charge >= 0.3 is 0 Å². The zero-order valence-electron chi connectivity index (χ0n) is 9.72. The van der Waals surface area contributed by atoms with Crippen LogP contribution in [0.15, 0.2) is 48.7 Å². The summed E-state index contributed by atoms with van der Waals surface area (Å²) in [6.45, 7) is 0. The van der Waals surface area contributed by atoms with Crippen molar-refractivity contribution in [3.8, 4) is 0 Å². The average molecular weight is 212 g/mol. The molecule has 0 aliphatic heterocycles. The summed E-state index contributed by atoms with van der Waals surface area (Å²) in [7, 11) is 4.00.